The number of rotatable bonds is 9. The van der Waals surface area contributed by atoms with Crippen molar-refractivity contribution in [1.82, 2.24) is 10.6 Å². The fraction of sp³-hybridized carbons (Fsp3) is 0.818. The third-order valence-electron chi connectivity index (χ3n) is 2.36. The van der Waals surface area contributed by atoms with Crippen LogP contribution in [0.2, 0.25) is 0 Å². The molecule has 0 bridgehead atoms. The van der Waals surface area contributed by atoms with E-state index in [4.69, 9.17) is 5.11 Å². The molecule has 0 aliphatic carbocycles. The van der Waals surface area contributed by atoms with Crippen LogP contribution < -0.4 is 10.6 Å². The van der Waals surface area contributed by atoms with Gasteiger partial charge in [-0.05, 0) is 26.4 Å². The molecule has 0 spiro atoms. The molecule has 0 aromatic rings. The van der Waals surface area contributed by atoms with Crippen LogP contribution in [0.15, 0.2) is 0 Å². The van der Waals surface area contributed by atoms with E-state index >= 15 is 0 Å². The molecule has 0 heterocycles. The smallest absolute Gasteiger partial charge is 0.308 e. The summed E-state index contributed by atoms with van der Waals surface area (Å²) in [7, 11) is 1.83. The molecule has 0 aromatic heterocycles. The number of amides is 1. The summed E-state index contributed by atoms with van der Waals surface area (Å²) in [6, 6.07) is 0. The summed E-state index contributed by atoms with van der Waals surface area (Å²) in [5.74, 6) is -1.37. The van der Waals surface area contributed by atoms with Crippen LogP contribution in [0.4, 0.5) is 0 Å². The van der Waals surface area contributed by atoms with Crippen molar-refractivity contribution in [1.29, 1.82) is 0 Å². The average molecular weight is 230 g/mol. The van der Waals surface area contributed by atoms with Gasteiger partial charge in [-0.3, -0.25) is 9.59 Å². The SMILES string of the molecule is CCCC(CNC(=O)CCCNC)C(=O)O. The van der Waals surface area contributed by atoms with Gasteiger partial charge in [-0.1, -0.05) is 13.3 Å². The van der Waals surface area contributed by atoms with Gasteiger partial charge in [0, 0.05) is 13.0 Å². The van der Waals surface area contributed by atoms with Crippen molar-refractivity contribution in [2.45, 2.75) is 32.6 Å². The van der Waals surface area contributed by atoms with Gasteiger partial charge in [0.1, 0.15) is 0 Å². The van der Waals surface area contributed by atoms with Crippen molar-refractivity contribution < 1.29 is 14.7 Å². The maximum absolute atomic E-state index is 11.3. The molecule has 0 aliphatic heterocycles. The van der Waals surface area contributed by atoms with E-state index in [0.29, 0.717) is 12.8 Å². The lowest BCUT2D eigenvalue weighted by molar-refractivity contribution is -0.141. The first-order chi connectivity index (χ1) is 7.61. The molecule has 0 rings (SSSR count). The quantitative estimate of drug-likeness (QED) is 0.507. The number of carboxylic acid groups (broad SMARTS) is 1. The maximum atomic E-state index is 11.3. The van der Waals surface area contributed by atoms with Crippen molar-refractivity contribution in [2.75, 3.05) is 20.1 Å². The minimum absolute atomic E-state index is 0.0717. The minimum atomic E-state index is -0.836. The van der Waals surface area contributed by atoms with E-state index < -0.39 is 11.9 Å². The highest BCUT2D eigenvalue weighted by Gasteiger charge is 2.16. The third-order valence-corrected chi connectivity index (χ3v) is 2.36. The number of aliphatic carboxylic acids is 1. The molecular formula is C11H22N2O3. The normalized spacial score (nSPS) is 12.1. The van der Waals surface area contributed by atoms with Gasteiger partial charge in [0.05, 0.1) is 5.92 Å². The Kier molecular flexibility index (Phi) is 8.52. The predicted molar refractivity (Wildman–Crippen MR) is 62.2 cm³/mol. The van der Waals surface area contributed by atoms with Crippen LogP contribution in [-0.2, 0) is 9.59 Å². The van der Waals surface area contributed by atoms with Crippen LogP contribution in [0.25, 0.3) is 0 Å². The van der Waals surface area contributed by atoms with Crippen LogP contribution in [0.3, 0.4) is 0 Å². The summed E-state index contributed by atoms with van der Waals surface area (Å²) in [4.78, 5) is 22.1. The molecule has 5 nitrogen and oxygen atoms in total. The Hall–Kier alpha value is -1.10. The number of carboxylic acids is 1. The third kappa shape index (κ3) is 7.23. The molecule has 94 valence electrons. The number of nitrogens with one attached hydrogen (secondary N) is 2. The summed E-state index contributed by atoms with van der Waals surface area (Å²) < 4.78 is 0. The zero-order valence-corrected chi connectivity index (χ0v) is 10.1. The van der Waals surface area contributed by atoms with Crippen LogP contribution in [0, 0.1) is 5.92 Å². The second-order valence-electron chi connectivity index (χ2n) is 3.84. The van der Waals surface area contributed by atoms with Crippen LogP contribution in [0.1, 0.15) is 32.6 Å². The second kappa shape index (κ2) is 9.15. The molecule has 0 saturated carbocycles. The van der Waals surface area contributed by atoms with Gasteiger partial charge >= 0.3 is 5.97 Å². The van der Waals surface area contributed by atoms with Crippen LogP contribution >= 0.6 is 0 Å². The zero-order valence-electron chi connectivity index (χ0n) is 10.1. The average Bonchev–Trinajstić information content (AvgIpc) is 2.24. The molecule has 1 unspecified atom stereocenters. The molecule has 1 atom stereocenters. The summed E-state index contributed by atoms with van der Waals surface area (Å²) in [5.41, 5.74) is 0. The van der Waals surface area contributed by atoms with Gasteiger partial charge in [-0.25, -0.2) is 0 Å². The molecule has 0 aromatic carbocycles. The Morgan fingerprint density at radius 1 is 1.38 bits per heavy atom. The van der Waals surface area contributed by atoms with Gasteiger partial charge in [0.2, 0.25) is 5.91 Å². The van der Waals surface area contributed by atoms with Gasteiger partial charge in [0.25, 0.3) is 0 Å². The predicted octanol–water partition coefficient (Wildman–Crippen LogP) is 0.603. The molecule has 16 heavy (non-hydrogen) atoms. The first-order valence-electron chi connectivity index (χ1n) is 5.75. The lowest BCUT2D eigenvalue weighted by atomic mass is 10.0. The number of hydrogen-bond donors (Lipinski definition) is 3. The van der Waals surface area contributed by atoms with Gasteiger partial charge in [-0.15, -0.1) is 0 Å². The van der Waals surface area contributed by atoms with Gasteiger partial charge in [0.15, 0.2) is 0 Å². The highest BCUT2D eigenvalue weighted by atomic mass is 16.4. The number of carbonyl (C=O) groups excluding carboxylic acids is 1. The zero-order chi connectivity index (χ0) is 12.4. The van der Waals surface area contributed by atoms with Crippen molar-refractivity contribution >= 4 is 11.9 Å². The molecule has 5 heteroatoms. The van der Waals surface area contributed by atoms with Crippen molar-refractivity contribution in [3.8, 4) is 0 Å². The van der Waals surface area contributed by atoms with Crippen LogP contribution in [0.5, 0.6) is 0 Å². The molecule has 1 amide bonds. The Labute approximate surface area is 96.6 Å². The number of carbonyl (C=O) groups is 2. The second-order valence-corrected chi connectivity index (χ2v) is 3.84. The highest BCUT2D eigenvalue weighted by Crippen LogP contribution is 2.05. The summed E-state index contributed by atoms with van der Waals surface area (Å²) >= 11 is 0. The standard InChI is InChI=1S/C11H22N2O3/c1-3-5-9(11(15)16)8-13-10(14)6-4-7-12-2/h9,12H,3-8H2,1-2H3,(H,13,14)(H,15,16). The molecule has 0 saturated heterocycles. The van der Waals surface area contributed by atoms with Crippen LogP contribution in [-0.4, -0.2) is 37.1 Å². The lowest BCUT2D eigenvalue weighted by Gasteiger charge is -2.12. The molecule has 0 aliphatic rings. The van der Waals surface area contributed by atoms with Gasteiger partial charge in [-0.2, -0.15) is 0 Å². The summed E-state index contributed by atoms with van der Waals surface area (Å²) in [6.07, 6.45) is 2.63. The van der Waals surface area contributed by atoms with E-state index in [-0.39, 0.29) is 12.5 Å². The Morgan fingerprint density at radius 2 is 2.06 bits per heavy atom. The van der Waals surface area contributed by atoms with Crippen molar-refractivity contribution in [2.24, 2.45) is 5.92 Å². The van der Waals surface area contributed by atoms with E-state index in [1.54, 1.807) is 0 Å². The highest BCUT2D eigenvalue weighted by molar-refractivity contribution is 5.77. The topological polar surface area (TPSA) is 78.4 Å². The van der Waals surface area contributed by atoms with Gasteiger partial charge < -0.3 is 15.7 Å². The van der Waals surface area contributed by atoms with Crippen molar-refractivity contribution in [3.63, 3.8) is 0 Å². The lowest BCUT2D eigenvalue weighted by Crippen LogP contribution is -2.33. The first kappa shape index (κ1) is 14.9. The monoisotopic (exact) mass is 230 g/mol. The molecule has 3 N–H and O–H groups in total. The summed E-state index contributed by atoms with van der Waals surface area (Å²) in [5, 5.41) is 14.5. The minimum Gasteiger partial charge on any atom is -0.481 e. The Balaban J connectivity index is 3.74. The van der Waals surface area contributed by atoms with E-state index in [0.717, 1.165) is 19.4 Å². The summed E-state index contributed by atoms with van der Waals surface area (Å²) in [6.45, 7) is 2.97. The fourth-order valence-corrected chi connectivity index (χ4v) is 1.41. The van der Waals surface area contributed by atoms with E-state index in [2.05, 4.69) is 10.6 Å². The van der Waals surface area contributed by atoms with E-state index in [9.17, 15) is 9.59 Å². The first-order valence-corrected chi connectivity index (χ1v) is 5.75. The van der Waals surface area contributed by atoms with Crippen molar-refractivity contribution in [3.05, 3.63) is 0 Å². The molecule has 0 radical (unpaired) electrons. The fourth-order valence-electron chi connectivity index (χ4n) is 1.41. The molecular weight excluding hydrogens is 208 g/mol. The van der Waals surface area contributed by atoms with E-state index in [1.165, 1.54) is 0 Å². The van der Waals surface area contributed by atoms with E-state index in [1.807, 2.05) is 14.0 Å². The Morgan fingerprint density at radius 3 is 2.56 bits per heavy atom. The maximum Gasteiger partial charge on any atom is 0.308 e. The largest absolute Gasteiger partial charge is 0.481 e. The Bertz CT molecular complexity index is 219. The number of hydrogen-bond acceptors (Lipinski definition) is 3. The molecule has 0 fully saturated rings.